The van der Waals surface area contributed by atoms with Gasteiger partial charge in [-0.3, -0.25) is 9.59 Å². The van der Waals surface area contributed by atoms with Crippen molar-refractivity contribution in [1.82, 2.24) is 4.90 Å². The normalized spacial score (nSPS) is 11.1. The zero-order valence-electron chi connectivity index (χ0n) is 14.5. The van der Waals surface area contributed by atoms with Crippen LogP contribution in [0.15, 0.2) is 53.4 Å². The lowest BCUT2D eigenvalue weighted by Crippen LogP contribution is -2.35. The lowest BCUT2D eigenvalue weighted by atomic mass is 10.3. The predicted octanol–water partition coefficient (Wildman–Crippen LogP) is 2.23. The summed E-state index contributed by atoms with van der Waals surface area (Å²) in [6, 6.07) is 9.45. The Kier molecular flexibility index (Phi) is 6.62. The number of likely N-dealkylation sites (N-methyl/N-ethyl adjacent to an activating group) is 1. The molecule has 2 aromatic carbocycles. The fourth-order valence-corrected chi connectivity index (χ4v) is 3.44. The molecule has 0 aliphatic rings. The molecule has 0 atom stereocenters. The van der Waals surface area contributed by atoms with Crippen molar-refractivity contribution in [3.05, 3.63) is 60.2 Å². The van der Waals surface area contributed by atoms with Gasteiger partial charge in [-0.25, -0.2) is 17.2 Å². The van der Waals surface area contributed by atoms with Crippen molar-refractivity contribution < 1.29 is 26.8 Å². The first-order valence-corrected chi connectivity index (χ1v) is 9.60. The molecule has 0 aliphatic carbocycles. The number of carbonyl (C=O) groups excluding carboxylic acids is 2. The molecule has 9 heteroatoms. The van der Waals surface area contributed by atoms with Gasteiger partial charge in [0.2, 0.25) is 11.8 Å². The van der Waals surface area contributed by atoms with Crippen LogP contribution in [0.1, 0.15) is 6.42 Å². The van der Waals surface area contributed by atoms with E-state index in [-0.39, 0.29) is 17.9 Å². The van der Waals surface area contributed by atoms with Crippen LogP contribution in [-0.2, 0) is 19.4 Å². The first-order valence-electron chi connectivity index (χ1n) is 7.95. The summed E-state index contributed by atoms with van der Waals surface area (Å²) in [4.78, 5) is 25.0. The zero-order valence-corrected chi connectivity index (χ0v) is 15.3. The molecule has 0 spiro atoms. The number of benzene rings is 2. The van der Waals surface area contributed by atoms with E-state index in [1.165, 1.54) is 31.3 Å². The standard InChI is InChI=1S/C18H18F2N2O4S/c1-22(12-17(23)21-15-6-2-13(19)3-7-15)18(24)10-11-27(25,26)16-8-4-14(20)5-9-16/h2-9H,10-12H2,1H3,(H,21,23). The molecule has 2 rings (SSSR count). The molecule has 6 nitrogen and oxygen atoms in total. The molecular formula is C18H18F2N2O4S. The molecule has 1 N–H and O–H groups in total. The maximum atomic E-state index is 12.9. The SMILES string of the molecule is CN(CC(=O)Nc1ccc(F)cc1)C(=O)CCS(=O)(=O)c1ccc(F)cc1. The predicted molar refractivity (Wildman–Crippen MR) is 95.7 cm³/mol. The number of nitrogens with one attached hydrogen (secondary N) is 1. The molecule has 0 aliphatic heterocycles. The second-order valence-corrected chi connectivity index (χ2v) is 7.94. The topological polar surface area (TPSA) is 83.6 Å². The minimum Gasteiger partial charge on any atom is -0.336 e. The number of hydrogen-bond acceptors (Lipinski definition) is 4. The molecule has 2 amide bonds. The van der Waals surface area contributed by atoms with E-state index in [1.54, 1.807) is 0 Å². The molecule has 0 saturated carbocycles. The highest BCUT2D eigenvalue weighted by Gasteiger charge is 2.19. The van der Waals surface area contributed by atoms with E-state index in [0.29, 0.717) is 5.69 Å². The molecule has 0 radical (unpaired) electrons. The van der Waals surface area contributed by atoms with Gasteiger partial charge in [0, 0.05) is 19.2 Å². The maximum Gasteiger partial charge on any atom is 0.243 e. The van der Waals surface area contributed by atoms with Gasteiger partial charge in [0.1, 0.15) is 11.6 Å². The van der Waals surface area contributed by atoms with E-state index in [1.807, 2.05) is 0 Å². The third-order valence-corrected chi connectivity index (χ3v) is 5.42. The fraction of sp³-hybridized carbons (Fsp3) is 0.222. The highest BCUT2D eigenvalue weighted by atomic mass is 32.2. The van der Waals surface area contributed by atoms with Crippen LogP contribution >= 0.6 is 0 Å². The van der Waals surface area contributed by atoms with E-state index >= 15 is 0 Å². The molecule has 27 heavy (non-hydrogen) atoms. The first kappa shape index (κ1) is 20.5. The van der Waals surface area contributed by atoms with Gasteiger partial charge in [0.05, 0.1) is 17.2 Å². The summed E-state index contributed by atoms with van der Waals surface area (Å²) in [5, 5.41) is 2.51. The molecule has 0 aromatic heterocycles. The van der Waals surface area contributed by atoms with E-state index in [4.69, 9.17) is 0 Å². The molecule has 0 heterocycles. The van der Waals surface area contributed by atoms with E-state index < -0.39 is 39.0 Å². The Labute approximate surface area is 155 Å². The van der Waals surface area contributed by atoms with Crippen LogP contribution in [0.5, 0.6) is 0 Å². The van der Waals surface area contributed by atoms with Gasteiger partial charge in [-0.1, -0.05) is 0 Å². The fourth-order valence-electron chi connectivity index (χ4n) is 2.21. The number of anilines is 1. The minimum absolute atomic E-state index is 0.0756. The molecule has 0 saturated heterocycles. The van der Waals surface area contributed by atoms with Gasteiger partial charge >= 0.3 is 0 Å². The van der Waals surface area contributed by atoms with Crippen LogP contribution in [0.2, 0.25) is 0 Å². The van der Waals surface area contributed by atoms with Crippen molar-refractivity contribution in [3.8, 4) is 0 Å². The van der Waals surface area contributed by atoms with Crippen LogP contribution in [-0.4, -0.2) is 44.5 Å². The van der Waals surface area contributed by atoms with Gasteiger partial charge in [-0.05, 0) is 48.5 Å². The highest BCUT2D eigenvalue weighted by molar-refractivity contribution is 7.91. The molecule has 0 fully saturated rings. The van der Waals surface area contributed by atoms with Gasteiger partial charge < -0.3 is 10.2 Å². The maximum absolute atomic E-state index is 12.9. The second kappa shape index (κ2) is 8.72. The van der Waals surface area contributed by atoms with E-state index in [0.717, 1.165) is 29.2 Å². The average molecular weight is 396 g/mol. The second-order valence-electron chi connectivity index (χ2n) is 5.83. The summed E-state index contributed by atoms with van der Waals surface area (Å²) in [7, 11) is -2.36. The Morgan fingerprint density at radius 3 is 2.04 bits per heavy atom. The molecule has 0 unspecified atom stereocenters. The van der Waals surface area contributed by atoms with Crippen molar-refractivity contribution in [3.63, 3.8) is 0 Å². The van der Waals surface area contributed by atoms with Crippen molar-refractivity contribution >= 4 is 27.3 Å². The monoisotopic (exact) mass is 396 g/mol. The molecule has 2 aromatic rings. The summed E-state index contributed by atoms with van der Waals surface area (Å²) in [5.74, 6) is -2.49. The summed E-state index contributed by atoms with van der Waals surface area (Å²) in [5.41, 5.74) is 0.376. The number of halogens is 2. The summed E-state index contributed by atoms with van der Waals surface area (Å²) < 4.78 is 50.0. The molecule has 144 valence electrons. The van der Waals surface area contributed by atoms with Gasteiger partial charge in [0.15, 0.2) is 9.84 Å². The van der Waals surface area contributed by atoms with Crippen LogP contribution in [0.4, 0.5) is 14.5 Å². The van der Waals surface area contributed by atoms with Crippen molar-refractivity contribution in [2.45, 2.75) is 11.3 Å². The smallest absolute Gasteiger partial charge is 0.243 e. The number of amides is 2. The molecular weight excluding hydrogens is 378 g/mol. The summed E-state index contributed by atoms with van der Waals surface area (Å²) in [6.45, 7) is -0.285. The average Bonchev–Trinajstić information content (AvgIpc) is 2.62. The van der Waals surface area contributed by atoms with Gasteiger partial charge in [0.25, 0.3) is 0 Å². The van der Waals surface area contributed by atoms with Crippen LogP contribution in [0.25, 0.3) is 0 Å². The number of rotatable bonds is 7. The first-order chi connectivity index (χ1) is 12.7. The number of sulfone groups is 1. The minimum atomic E-state index is -3.74. The lowest BCUT2D eigenvalue weighted by Gasteiger charge is -2.17. The number of nitrogens with zero attached hydrogens (tertiary/aromatic N) is 1. The van der Waals surface area contributed by atoms with Crippen LogP contribution in [0.3, 0.4) is 0 Å². The van der Waals surface area contributed by atoms with Crippen molar-refractivity contribution in [1.29, 1.82) is 0 Å². The van der Waals surface area contributed by atoms with E-state index in [2.05, 4.69) is 5.32 Å². The largest absolute Gasteiger partial charge is 0.336 e. The van der Waals surface area contributed by atoms with Gasteiger partial charge in [-0.15, -0.1) is 0 Å². The van der Waals surface area contributed by atoms with Crippen LogP contribution in [0, 0.1) is 11.6 Å². The quantitative estimate of drug-likeness (QED) is 0.728. The van der Waals surface area contributed by atoms with Crippen molar-refractivity contribution in [2.75, 3.05) is 24.7 Å². The zero-order chi connectivity index (χ0) is 20.0. The highest BCUT2D eigenvalue weighted by Crippen LogP contribution is 2.13. The summed E-state index contributed by atoms with van der Waals surface area (Å²) >= 11 is 0. The van der Waals surface area contributed by atoms with Crippen LogP contribution < -0.4 is 5.32 Å². The molecule has 0 bridgehead atoms. The van der Waals surface area contributed by atoms with Gasteiger partial charge in [-0.2, -0.15) is 0 Å². The Bertz CT molecular complexity index is 913. The lowest BCUT2D eigenvalue weighted by molar-refractivity contribution is -0.132. The summed E-state index contributed by atoms with van der Waals surface area (Å²) in [6.07, 6.45) is -0.319. The number of carbonyl (C=O) groups is 2. The van der Waals surface area contributed by atoms with Crippen molar-refractivity contribution in [2.24, 2.45) is 0 Å². The third-order valence-electron chi connectivity index (χ3n) is 3.69. The Morgan fingerprint density at radius 1 is 0.963 bits per heavy atom. The Balaban J connectivity index is 1.86. The Hall–Kier alpha value is -2.81. The Morgan fingerprint density at radius 2 is 1.48 bits per heavy atom. The number of hydrogen-bond donors (Lipinski definition) is 1. The van der Waals surface area contributed by atoms with E-state index in [9.17, 15) is 26.8 Å². The third kappa shape index (κ3) is 6.14.